The number of likely N-dealkylation sites (tertiary alicyclic amines) is 1. The maximum absolute atomic E-state index is 3.73. The lowest BCUT2D eigenvalue weighted by atomic mass is 9.93. The maximum atomic E-state index is 3.73. The van der Waals surface area contributed by atoms with Crippen LogP contribution in [0.15, 0.2) is 28.7 Å². The predicted octanol–water partition coefficient (Wildman–Crippen LogP) is 3.19. The van der Waals surface area contributed by atoms with E-state index in [1.165, 1.54) is 35.8 Å². The molecule has 2 unspecified atom stereocenters. The van der Waals surface area contributed by atoms with E-state index in [9.17, 15) is 0 Å². The highest BCUT2D eigenvalue weighted by molar-refractivity contribution is 9.10. The zero-order chi connectivity index (χ0) is 12.5. The van der Waals surface area contributed by atoms with E-state index in [2.05, 4.69) is 57.5 Å². The van der Waals surface area contributed by atoms with Crippen molar-refractivity contribution in [3.8, 4) is 0 Å². The summed E-state index contributed by atoms with van der Waals surface area (Å²) in [7, 11) is 2.07. The van der Waals surface area contributed by atoms with E-state index in [-0.39, 0.29) is 0 Å². The fourth-order valence-electron chi connectivity index (χ4n) is 3.32. The normalized spacial score (nSPS) is 28.8. The Labute approximate surface area is 118 Å². The standard InChI is InChI=1S/C15H21BrN2/c1-17-10-11-8-9-18(12-6-7-12)15(11)13-4-2-3-5-14(13)16/h2-5,11-12,15,17H,6-10H2,1H3. The Morgan fingerprint density at radius 2 is 2.06 bits per heavy atom. The number of halogens is 1. The molecule has 1 aromatic rings. The molecule has 0 amide bonds. The van der Waals surface area contributed by atoms with Crippen LogP contribution in [0.3, 0.4) is 0 Å². The Balaban J connectivity index is 1.90. The second-order valence-corrected chi connectivity index (χ2v) is 6.40. The number of hydrogen-bond donors (Lipinski definition) is 1. The summed E-state index contributed by atoms with van der Waals surface area (Å²) in [6.45, 7) is 2.39. The number of hydrogen-bond acceptors (Lipinski definition) is 2. The summed E-state index contributed by atoms with van der Waals surface area (Å²) in [6, 6.07) is 10.2. The topological polar surface area (TPSA) is 15.3 Å². The number of nitrogens with zero attached hydrogens (tertiary/aromatic N) is 1. The highest BCUT2D eigenvalue weighted by Crippen LogP contribution is 2.45. The van der Waals surface area contributed by atoms with Crippen molar-refractivity contribution in [2.24, 2.45) is 5.92 Å². The predicted molar refractivity (Wildman–Crippen MR) is 78.6 cm³/mol. The van der Waals surface area contributed by atoms with Gasteiger partial charge >= 0.3 is 0 Å². The van der Waals surface area contributed by atoms with Crippen LogP contribution in [-0.4, -0.2) is 31.1 Å². The van der Waals surface area contributed by atoms with Gasteiger partial charge in [0.1, 0.15) is 0 Å². The zero-order valence-corrected chi connectivity index (χ0v) is 12.5. The summed E-state index contributed by atoms with van der Waals surface area (Å²) in [4.78, 5) is 2.74. The minimum Gasteiger partial charge on any atom is -0.319 e. The van der Waals surface area contributed by atoms with Gasteiger partial charge in [-0.05, 0) is 56.9 Å². The molecule has 1 heterocycles. The van der Waals surface area contributed by atoms with Crippen molar-refractivity contribution < 1.29 is 0 Å². The molecular weight excluding hydrogens is 288 g/mol. The van der Waals surface area contributed by atoms with Crippen LogP contribution in [0.4, 0.5) is 0 Å². The van der Waals surface area contributed by atoms with Gasteiger partial charge in [-0.3, -0.25) is 4.90 Å². The van der Waals surface area contributed by atoms with E-state index in [1.807, 2.05) is 0 Å². The van der Waals surface area contributed by atoms with Gasteiger partial charge < -0.3 is 5.32 Å². The van der Waals surface area contributed by atoms with Crippen LogP contribution in [0.5, 0.6) is 0 Å². The van der Waals surface area contributed by atoms with Gasteiger partial charge in [0.2, 0.25) is 0 Å². The largest absolute Gasteiger partial charge is 0.319 e. The Morgan fingerprint density at radius 3 is 2.72 bits per heavy atom. The van der Waals surface area contributed by atoms with Gasteiger partial charge in [-0.15, -0.1) is 0 Å². The molecule has 1 aliphatic carbocycles. The molecule has 2 aliphatic rings. The third kappa shape index (κ3) is 2.36. The van der Waals surface area contributed by atoms with Gasteiger partial charge in [0.15, 0.2) is 0 Å². The molecule has 2 atom stereocenters. The van der Waals surface area contributed by atoms with Gasteiger partial charge in [-0.25, -0.2) is 0 Å². The minimum atomic E-state index is 0.598. The third-order valence-corrected chi connectivity index (χ3v) is 4.99. The lowest BCUT2D eigenvalue weighted by Gasteiger charge is -2.29. The summed E-state index contributed by atoms with van der Waals surface area (Å²) in [6.07, 6.45) is 4.11. The monoisotopic (exact) mass is 308 g/mol. The van der Waals surface area contributed by atoms with Gasteiger partial charge in [0.25, 0.3) is 0 Å². The zero-order valence-electron chi connectivity index (χ0n) is 10.9. The van der Waals surface area contributed by atoms with Crippen LogP contribution in [0.1, 0.15) is 30.9 Å². The van der Waals surface area contributed by atoms with Crippen LogP contribution in [-0.2, 0) is 0 Å². The molecule has 1 saturated carbocycles. The van der Waals surface area contributed by atoms with Gasteiger partial charge in [0, 0.05) is 16.6 Å². The molecule has 2 fully saturated rings. The van der Waals surface area contributed by atoms with E-state index in [4.69, 9.17) is 0 Å². The van der Waals surface area contributed by atoms with Crippen molar-refractivity contribution in [3.63, 3.8) is 0 Å². The Bertz CT molecular complexity index is 417. The summed E-state index contributed by atoms with van der Waals surface area (Å²) in [5.74, 6) is 0.745. The minimum absolute atomic E-state index is 0.598. The van der Waals surface area contributed by atoms with E-state index in [1.54, 1.807) is 0 Å². The smallest absolute Gasteiger partial charge is 0.0402 e. The molecule has 0 radical (unpaired) electrons. The van der Waals surface area contributed by atoms with Crippen molar-refractivity contribution in [1.29, 1.82) is 0 Å². The average Bonchev–Trinajstić information content (AvgIpc) is 3.13. The highest BCUT2D eigenvalue weighted by atomic mass is 79.9. The van der Waals surface area contributed by atoms with Crippen molar-refractivity contribution in [2.75, 3.05) is 20.1 Å². The van der Waals surface area contributed by atoms with Crippen LogP contribution in [0.2, 0.25) is 0 Å². The highest BCUT2D eigenvalue weighted by Gasteiger charge is 2.42. The van der Waals surface area contributed by atoms with E-state index >= 15 is 0 Å². The Morgan fingerprint density at radius 1 is 1.28 bits per heavy atom. The molecule has 18 heavy (non-hydrogen) atoms. The van der Waals surface area contributed by atoms with Crippen molar-refractivity contribution >= 4 is 15.9 Å². The number of nitrogens with one attached hydrogen (secondary N) is 1. The van der Waals surface area contributed by atoms with E-state index in [0.29, 0.717) is 6.04 Å². The summed E-state index contributed by atoms with van der Waals surface area (Å²) >= 11 is 3.73. The fourth-order valence-corrected chi connectivity index (χ4v) is 3.84. The fraction of sp³-hybridized carbons (Fsp3) is 0.600. The van der Waals surface area contributed by atoms with Gasteiger partial charge in [-0.1, -0.05) is 34.1 Å². The summed E-state index contributed by atoms with van der Waals surface area (Å²) < 4.78 is 1.27. The van der Waals surface area contributed by atoms with Crippen molar-refractivity contribution in [3.05, 3.63) is 34.3 Å². The van der Waals surface area contributed by atoms with Gasteiger partial charge in [-0.2, -0.15) is 0 Å². The molecule has 1 N–H and O–H groups in total. The van der Waals surface area contributed by atoms with Crippen molar-refractivity contribution in [1.82, 2.24) is 10.2 Å². The summed E-state index contributed by atoms with van der Waals surface area (Å²) in [5, 5.41) is 3.37. The van der Waals surface area contributed by atoms with Crippen LogP contribution in [0, 0.1) is 5.92 Å². The first-order chi connectivity index (χ1) is 8.81. The average molecular weight is 309 g/mol. The first-order valence-corrected chi connectivity index (χ1v) is 7.75. The maximum Gasteiger partial charge on any atom is 0.0402 e. The Hall–Kier alpha value is -0.380. The number of rotatable bonds is 4. The molecule has 98 valence electrons. The SMILES string of the molecule is CNCC1CCN(C2CC2)C1c1ccccc1Br. The lowest BCUT2D eigenvalue weighted by molar-refractivity contribution is 0.216. The second kappa shape index (κ2) is 5.32. The molecule has 0 aromatic heterocycles. The molecule has 1 aromatic carbocycles. The molecule has 3 rings (SSSR count). The molecule has 1 aliphatic heterocycles. The number of benzene rings is 1. The Kier molecular flexibility index (Phi) is 3.73. The summed E-state index contributed by atoms with van der Waals surface area (Å²) in [5.41, 5.74) is 1.47. The lowest BCUT2D eigenvalue weighted by Crippen LogP contribution is -2.31. The van der Waals surface area contributed by atoms with E-state index < -0.39 is 0 Å². The van der Waals surface area contributed by atoms with Crippen LogP contribution >= 0.6 is 15.9 Å². The molecule has 1 saturated heterocycles. The molecular formula is C15H21BrN2. The first kappa shape index (κ1) is 12.6. The van der Waals surface area contributed by atoms with Crippen LogP contribution in [0.25, 0.3) is 0 Å². The van der Waals surface area contributed by atoms with Crippen LogP contribution < -0.4 is 5.32 Å². The molecule has 2 nitrogen and oxygen atoms in total. The third-order valence-electron chi connectivity index (χ3n) is 4.27. The molecule has 0 spiro atoms. The first-order valence-electron chi connectivity index (χ1n) is 6.96. The second-order valence-electron chi connectivity index (χ2n) is 5.54. The molecule has 0 bridgehead atoms. The van der Waals surface area contributed by atoms with E-state index in [0.717, 1.165) is 18.5 Å². The quantitative estimate of drug-likeness (QED) is 0.919. The van der Waals surface area contributed by atoms with Crippen molar-refractivity contribution in [2.45, 2.75) is 31.3 Å². The van der Waals surface area contributed by atoms with Gasteiger partial charge in [0.05, 0.1) is 0 Å². The molecule has 3 heteroatoms.